The average molecular weight is 501 g/mol. The smallest absolute Gasteiger partial charge is 0.191 e. The normalized spacial score (nSPS) is 11.3. The second-order valence-electron chi connectivity index (χ2n) is 6.46. The van der Waals surface area contributed by atoms with Crippen molar-refractivity contribution >= 4 is 40.8 Å². The maximum absolute atomic E-state index is 4.47. The summed E-state index contributed by atoms with van der Waals surface area (Å²) < 4.78 is 1.88. The Morgan fingerprint density at radius 2 is 2.07 bits per heavy atom. The van der Waals surface area contributed by atoms with E-state index in [-0.39, 0.29) is 24.0 Å². The monoisotopic (exact) mass is 501 g/mol. The summed E-state index contributed by atoms with van der Waals surface area (Å²) in [5.41, 5.74) is 3.56. The van der Waals surface area contributed by atoms with E-state index in [1.807, 2.05) is 29.1 Å². The summed E-state index contributed by atoms with van der Waals surface area (Å²) in [6, 6.07) is 12.4. The van der Waals surface area contributed by atoms with Gasteiger partial charge in [-0.05, 0) is 29.7 Å². The summed E-state index contributed by atoms with van der Waals surface area (Å²) in [6.45, 7) is 1.46. The Hall–Kier alpha value is -2.88. The number of imidazole rings is 1. The van der Waals surface area contributed by atoms with Gasteiger partial charge in [-0.2, -0.15) is 0 Å². The highest BCUT2D eigenvalue weighted by Crippen LogP contribution is 2.17. The topological polar surface area (TPSA) is 82.9 Å². The maximum Gasteiger partial charge on any atom is 0.191 e. The largest absolute Gasteiger partial charge is 0.361 e. The van der Waals surface area contributed by atoms with E-state index in [2.05, 4.69) is 61.0 Å². The Morgan fingerprint density at radius 1 is 1.17 bits per heavy atom. The molecule has 4 aromatic rings. The molecule has 0 fully saturated rings. The fourth-order valence-electron chi connectivity index (χ4n) is 3.13. The summed E-state index contributed by atoms with van der Waals surface area (Å²) in [4.78, 5) is 16.1. The number of fused-ring (bicyclic) bond motifs is 1. The number of guanidine groups is 1. The second kappa shape index (κ2) is 10.1. The summed E-state index contributed by atoms with van der Waals surface area (Å²) in [5, 5.41) is 7.97. The molecule has 0 aliphatic heterocycles. The van der Waals surface area contributed by atoms with Crippen LogP contribution in [0.5, 0.6) is 0 Å². The van der Waals surface area contributed by atoms with Crippen molar-refractivity contribution < 1.29 is 0 Å². The third kappa shape index (κ3) is 5.14. The van der Waals surface area contributed by atoms with Gasteiger partial charge in [-0.15, -0.1) is 24.0 Å². The molecule has 0 aliphatic carbocycles. The summed E-state index contributed by atoms with van der Waals surface area (Å²) in [6.07, 6.45) is 10.2. The lowest BCUT2D eigenvalue weighted by molar-refractivity contribution is 0.794. The van der Waals surface area contributed by atoms with E-state index in [9.17, 15) is 0 Å². The molecule has 29 heavy (non-hydrogen) atoms. The van der Waals surface area contributed by atoms with Crippen molar-refractivity contribution in [3.8, 4) is 5.82 Å². The number of nitrogens with one attached hydrogen (secondary N) is 3. The van der Waals surface area contributed by atoms with Crippen molar-refractivity contribution in [3.63, 3.8) is 0 Å². The molecule has 0 saturated heterocycles. The number of pyridine rings is 1. The van der Waals surface area contributed by atoms with Crippen LogP contribution in [0.15, 0.2) is 72.5 Å². The Balaban J connectivity index is 0.00000240. The number of nitrogens with zero attached hydrogens (tertiary/aromatic N) is 4. The molecule has 3 aromatic heterocycles. The van der Waals surface area contributed by atoms with E-state index in [1.54, 1.807) is 19.6 Å². The third-order valence-electron chi connectivity index (χ3n) is 4.62. The predicted molar refractivity (Wildman–Crippen MR) is 127 cm³/mol. The van der Waals surface area contributed by atoms with Crippen LogP contribution >= 0.6 is 24.0 Å². The molecule has 0 aliphatic rings. The molecule has 0 spiro atoms. The Bertz CT molecular complexity index is 1050. The number of rotatable bonds is 6. The van der Waals surface area contributed by atoms with E-state index in [0.717, 1.165) is 30.3 Å². The number of aromatic nitrogens is 4. The number of benzene rings is 1. The summed E-state index contributed by atoms with van der Waals surface area (Å²) in [5.74, 6) is 1.63. The van der Waals surface area contributed by atoms with Crippen LogP contribution in [-0.2, 0) is 13.0 Å². The van der Waals surface area contributed by atoms with Gasteiger partial charge in [0.25, 0.3) is 0 Å². The van der Waals surface area contributed by atoms with Crippen molar-refractivity contribution in [1.29, 1.82) is 0 Å². The van der Waals surface area contributed by atoms with Gasteiger partial charge >= 0.3 is 0 Å². The lowest BCUT2D eigenvalue weighted by Crippen LogP contribution is -2.37. The minimum atomic E-state index is 0. The van der Waals surface area contributed by atoms with Crippen molar-refractivity contribution in [1.82, 2.24) is 30.2 Å². The number of H-pyrrole nitrogens is 1. The SMILES string of the molecule is CN=C(NCCc1c[nH]c2ccccc12)NCc1ccc(-n2ccnc2)nc1.I. The van der Waals surface area contributed by atoms with E-state index in [4.69, 9.17) is 0 Å². The van der Waals surface area contributed by atoms with Gasteiger partial charge in [-0.3, -0.25) is 9.56 Å². The fraction of sp³-hybridized carbons (Fsp3) is 0.190. The average Bonchev–Trinajstić information content (AvgIpc) is 3.41. The molecule has 0 amide bonds. The minimum absolute atomic E-state index is 0. The fourth-order valence-corrected chi connectivity index (χ4v) is 3.13. The van der Waals surface area contributed by atoms with Crippen LogP contribution in [0.25, 0.3) is 16.7 Å². The first-order valence-corrected chi connectivity index (χ1v) is 9.26. The maximum atomic E-state index is 4.47. The van der Waals surface area contributed by atoms with Gasteiger partial charge in [-0.1, -0.05) is 24.3 Å². The zero-order valence-electron chi connectivity index (χ0n) is 16.2. The van der Waals surface area contributed by atoms with Crippen molar-refractivity contribution in [2.24, 2.45) is 4.99 Å². The number of halogens is 1. The molecule has 150 valence electrons. The molecule has 3 heterocycles. The zero-order chi connectivity index (χ0) is 19.2. The first kappa shape index (κ1) is 20.8. The molecule has 0 saturated carbocycles. The number of hydrogen-bond donors (Lipinski definition) is 3. The summed E-state index contributed by atoms with van der Waals surface area (Å²) in [7, 11) is 1.78. The highest BCUT2D eigenvalue weighted by atomic mass is 127. The van der Waals surface area contributed by atoms with Gasteiger partial charge in [0.1, 0.15) is 12.1 Å². The first-order chi connectivity index (χ1) is 13.8. The van der Waals surface area contributed by atoms with Gasteiger partial charge in [0.05, 0.1) is 0 Å². The zero-order valence-corrected chi connectivity index (χ0v) is 18.5. The highest BCUT2D eigenvalue weighted by Gasteiger charge is 2.04. The standard InChI is InChI=1S/C21H23N7.HI/c1-22-21(24-9-8-17-14-25-19-5-3-2-4-18(17)19)27-13-16-6-7-20(26-12-16)28-11-10-23-15-28;/h2-7,10-12,14-15,25H,8-9,13H2,1H3,(H2,22,24,27);1H. The van der Waals surface area contributed by atoms with Gasteiger partial charge in [0.2, 0.25) is 0 Å². The number of aromatic amines is 1. The van der Waals surface area contributed by atoms with Crippen LogP contribution in [0.3, 0.4) is 0 Å². The van der Waals surface area contributed by atoms with Crippen LogP contribution < -0.4 is 10.6 Å². The van der Waals surface area contributed by atoms with Crippen LogP contribution in [0.2, 0.25) is 0 Å². The Labute approximate surface area is 186 Å². The molecule has 1 aromatic carbocycles. The van der Waals surface area contributed by atoms with Gasteiger partial charge in [-0.25, -0.2) is 9.97 Å². The molecule has 8 heteroatoms. The van der Waals surface area contributed by atoms with E-state index >= 15 is 0 Å². The summed E-state index contributed by atoms with van der Waals surface area (Å²) >= 11 is 0. The molecule has 4 rings (SSSR count). The Morgan fingerprint density at radius 3 is 2.83 bits per heavy atom. The van der Waals surface area contributed by atoms with Gasteiger partial charge in [0, 0.05) is 55.8 Å². The molecule has 0 radical (unpaired) electrons. The lowest BCUT2D eigenvalue weighted by Gasteiger charge is -2.12. The van der Waals surface area contributed by atoms with Gasteiger partial charge < -0.3 is 15.6 Å². The van der Waals surface area contributed by atoms with E-state index < -0.39 is 0 Å². The lowest BCUT2D eigenvalue weighted by atomic mass is 10.1. The molecule has 0 atom stereocenters. The third-order valence-corrected chi connectivity index (χ3v) is 4.62. The molecule has 0 unspecified atom stereocenters. The van der Waals surface area contributed by atoms with E-state index in [1.165, 1.54) is 16.5 Å². The number of hydrogen-bond acceptors (Lipinski definition) is 3. The second-order valence-corrected chi connectivity index (χ2v) is 6.46. The number of para-hydroxylation sites is 1. The molecule has 3 N–H and O–H groups in total. The Kier molecular flexibility index (Phi) is 7.23. The van der Waals surface area contributed by atoms with Crippen LogP contribution in [0, 0.1) is 0 Å². The molecule has 7 nitrogen and oxygen atoms in total. The van der Waals surface area contributed by atoms with Crippen LogP contribution in [0.4, 0.5) is 0 Å². The van der Waals surface area contributed by atoms with Crippen LogP contribution in [-0.4, -0.2) is 39.1 Å². The van der Waals surface area contributed by atoms with Crippen LogP contribution in [0.1, 0.15) is 11.1 Å². The van der Waals surface area contributed by atoms with Crippen molar-refractivity contribution in [2.75, 3.05) is 13.6 Å². The first-order valence-electron chi connectivity index (χ1n) is 9.26. The predicted octanol–water partition coefficient (Wildman–Crippen LogP) is 3.27. The minimum Gasteiger partial charge on any atom is -0.361 e. The highest BCUT2D eigenvalue weighted by molar-refractivity contribution is 14.0. The molecule has 0 bridgehead atoms. The van der Waals surface area contributed by atoms with Crippen molar-refractivity contribution in [3.05, 3.63) is 78.6 Å². The van der Waals surface area contributed by atoms with E-state index in [0.29, 0.717) is 6.54 Å². The molecular weight excluding hydrogens is 477 g/mol. The van der Waals surface area contributed by atoms with Gasteiger partial charge in [0.15, 0.2) is 5.96 Å². The quantitative estimate of drug-likeness (QED) is 0.215. The van der Waals surface area contributed by atoms with Crippen molar-refractivity contribution in [2.45, 2.75) is 13.0 Å². The molecular formula is C21H24IN7. The number of aliphatic imine (C=N–C) groups is 1.